The molecule has 0 heterocycles. The van der Waals surface area contributed by atoms with Gasteiger partial charge in [-0.15, -0.1) is 0 Å². The van der Waals surface area contributed by atoms with Crippen LogP contribution in [0.5, 0.6) is 0 Å². The molecule has 0 unspecified atom stereocenters. The lowest BCUT2D eigenvalue weighted by Gasteiger charge is -2.20. The Hall–Kier alpha value is -2.50. The molecule has 0 bridgehead atoms. The van der Waals surface area contributed by atoms with Gasteiger partial charge in [-0.2, -0.15) is 18.3 Å². The number of hydrogen-bond donors (Lipinski definition) is 1. The summed E-state index contributed by atoms with van der Waals surface area (Å²) in [4.78, 5) is 2.21. The molecule has 0 saturated carbocycles. The van der Waals surface area contributed by atoms with Crippen molar-refractivity contribution in [2.45, 2.75) is 20.0 Å². The normalized spacial score (nSPS) is 11.7. The minimum absolute atomic E-state index is 0.0685. The van der Waals surface area contributed by atoms with Gasteiger partial charge < -0.3 is 4.90 Å². The van der Waals surface area contributed by atoms with Crippen molar-refractivity contribution in [3.8, 4) is 0 Å². The third-order valence-corrected chi connectivity index (χ3v) is 3.65. The highest BCUT2D eigenvalue weighted by molar-refractivity contribution is 5.81. The zero-order valence-electron chi connectivity index (χ0n) is 13.6. The largest absolute Gasteiger partial charge is 0.418 e. The fourth-order valence-corrected chi connectivity index (χ4v) is 2.36. The van der Waals surface area contributed by atoms with E-state index in [-0.39, 0.29) is 5.69 Å². The van der Waals surface area contributed by atoms with Gasteiger partial charge in [0.2, 0.25) is 0 Å². The van der Waals surface area contributed by atoms with Gasteiger partial charge in [-0.1, -0.05) is 24.3 Å². The molecule has 24 heavy (non-hydrogen) atoms. The van der Waals surface area contributed by atoms with Crippen LogP contribution in [0.1, 0.15) is 25.0 Å². The molecule has 0 aliphatic carbocycles. The maximum atomic E-state index is 12.9. The summed E-state index contributed by atoms with van der Waals surface area (Å²) in [6.45, 7) is 6.00. The van der Waals surface area contributed by atoms with Gasteiger partial charge >= 0.3 is 6.18 Å². The lowest BCUT2D eigenvalue weighted by Crippen LogP contribution is -2.21. The summed E-state index contributed by atoms with van der Waals surface area (Å²) in [5.41, 5.74) is 3.57. The van der Waals surface area contributed by atoms with Gasteiger partial charge in [0.05, 0.1) is 17.5 Å². The lowest BCUT2D eigenvalue weighted by atomic mass is 10.2. The summed E-state index contributed by atoms with van der Waals surface area (Å²) in [5.74, 6) is 0. The number of hydrogen-bond acceptors (Lipinski definition) is 3. The number of alkyl halides is 3. The summed E-state index contributed by atoms with van der Waals surface area (Å²) in [6, 6.07) is 13.0. The SMILES string of the molecule is CCN(CC)c1ccc(C=NNc2ccccc2C(F)(F)F)cc1. The molecule has 2 aromatic carbocycles. The first-order chi connectivity index (χ1) is 11.5. The van der Waals surface area contributed by atoms with Crippen molar-refractivity contribution >= 4 is 17.6 Å². The van der Waals surface area contributed by atoms with Crippen LogP contribution in [0, 0.1) is 0 Å². The molecule has 0 fully saturated rings. The number of para-hydroxylation sites is 1. The predicted molar refractivity (Wildman–Crippen MR) is 92.7 cm³/mol. The molecule has 0 amide bonds. The molecule has 2 aromatic rings. The molecule has 0 aromatic heterocycles. The highest BCUT2D eigenvalue weighted by Crippen LogP contribution is 2.34. The molecule has 0 atom stereocenters. The average molecular weight is 335 g/mol. The smallest absolute Gasteiger partial charge is 0.372 e. The van der Waals surface area contributed by atoms with E-state index in [0.717, 1.165) is 30.4 Å². The van der Waals surface area contributed by atoms with Gasteiger partial charge in [0.25, 0.3) is 0 Å². The van der Waals surface area contributed by atoms with Crippen LogP contribution in [0.2, 0.25) is 0 Å². The number of benzene rings is 2. The van der Waals surface area contributed by atoms with Gasteiger partial charge in [-0.25, -0.2) is 0 Å². The number of anilines is 2. The number of nitrogens with zero attached hydrogens (tertiary/aromatic N) is 2. The average Bonchev–Trinajstić information content (AvgIpc) is 2.57. The van der Waals surface area contributed by atoms with Gasteiger partial charge in [0.15, 0.2) is 0 Å². The van der Waals surface area contributed by atoms with Gasteiger partial charge in [0.1, 0.15) is 0 Å². The molecule has 0 radical (unpaired) electrons. The van der Waals surface area contributed by atoms with Gasteiger partial charge in [0, 0.05) is 18.8 Å². The number of halogens is 3. The topological polar surface area (TPSA) is 27.6 Å². The zero-order chi connectivity index (χ0) is 17.6. The summed E-state index contributed by atoms with van der Waals surface area (Å²) in [6.07, 6.45) is -2.91. The number of hydrazone groups is 1. The van der Waals surface area contributed by atoms with Crippen molar-refractivity contribution in [1.29, 1.82) is 0 Å². The van der Waals surface area contributed by atoms with Crippen LogP contribution in [0.25, 0.3) is 0 Å². The summed E-state index contributed by atoms with van der Waals surface area (Å²) < 4.78 is 38.7. The van der Waals surface area contributed by atoms with E-state index in [0.29, 0.717) is 0 Å². The van der Waals surface area contributed by atoms with Crippen LogP contribution in [0.3, 0.4) is 0 Å². The lowest BCUT2D eigenvalue weighted by molar-refractivity contribution is -0.136. The Bertz CT molecular complexity index is 675. The van der Waals surface area contributed by atoms with Crippen molar-refractivity contribution in [2.75, 3.05) is 23.4 Å². The van der Waals surface area contributed by atoms with Gasteiger partial charge in [-0.3, -0.25) is 5.43 Å². The highest BCUT2D eigenvalue weighted by atomic mass is 19.4. The van der Waals surface area contributed by atoms with Crippen LogP contribution in [-0.2, 0) is 6.18 Å². The van der Waals surface area contributed by atoms with E-state index in [9.17, 15) is 13.2 Å². The first-order valence-electron chi connectivity index (χ1n) is 7.76. The van der Waals surface area contributed by atoms with Crippen molar-refractivity contribution in [2.24, 2.45) is 5.10 Å². The van der Waals surface area contributed by atoms with E-state index in [4.69, 9.17) is 0 Å². The van der Waals surface area contributed by atoms with E-state index >= 15 is 0 Å². The zero-order valence-corrected chi connectivity index (χ0v) is 13.6. The number of nitrogens with one attached hydrogen (secondary N) is 1. The molecule has 3 nitrogen and oxygen atoms in total. The second-order valence-electron chi connectivity index (χ2n) is 5.18. The number of rotatable bonds is 6. The van der Waals surface area contributed by atoms with Crippen molar-refractivity contribution < 1.29 is 13.2 Å². The Kier molecular flexibility index (Phi) is 5.84. The summed E-state index contributed by atoms with van der Waals surface area (Å²) in [7, 11) is 0. The maximum absolute atomic E-state index is 12.9. The molecule has 0 aliphatic heterocycles. The van der Waals surface area contributed by atoms with E-state index < -0.39 is 11.7 Å². The minimum Gasteiger partial charge on any atom is -0.372 e. The molecule has 1 N–H and O–H groups in total. The van der Waals surface area contributed by atoms with Crippen molar-refractivity contribution in [3.63, 3.8) is 0 Å². The van der Waals surface area contributed by atoms with Crippen LogP contribution >= 0.6 is 0 Å². The van der Waals surface area contributed by atoms with E-state index in [1.165, 1.54) is 24.4 Å². The minimum atomic E-state index is -4.41. The molecule has 6 heteroatoms. The molecule has 0 saturated heterocycles. The highest BCUT2D eigenvalue weighted by Gasteiger charge is 2.33. The van der Waals surface area contributed by atoms with Crippen LogP contribution < -0.4 is 10.3 Å². The van der Waals surface area contributed by atoms with E-state index in [1.54, 1.807) is 0 Å². The first kappa shape index (κ1) is 17.8. The van der Waals surface area contributed by atoms with Crippen LogP contribution in [0.15, 0.2) is 53.6 Å². The first-order valence-corrected chi connectivity index (χ1v) is 7.76. The monoisotopic (exact) mass is 335 g/mol. The Labute approximate surface area is 139 Å². The van der Waals surface area contributed by atoms with Crippen LogP contribution in [0.4, 0.5) is 24.5 Å². The summed E-state index contributed by atoms with van der Waals surface area (Å²) >= 11 is 0. The Morgan fingerprint density at radius 3 is 2.21 bits per heavy atom. The Morgan fingerprint density at radius 1 is 1.00 bits per heavy atom. The molecular weight excluding hydrogens is 315 g/mol. The predicted octanol–water partition coefficient (Wildman–Crippen LogP) is 5.00. The molecule has 0 aliphatic rings. The van der Waals surface area contributed by atoms with Crippen molar-refractivity contribution in [3.05, 3.63) is 59.7 Å². The van der Waals surface area contributed by atoms with E-state index in [2.05, 4.69) is 29.3 Å². The summed E-state index contributed by atoms with van der Waals surface area (Å²) in [5, 5.41) is 3.91. The van der Waals surface area contributed by atoms with Crippen molar-refractivity contribution in [1.82, 2.24) is 0 Å². The van der Waals surface area contributed by atoms with E-state index in [1.807, 2.05) is 24.3 Å². The maximum Gasteiger partial charge on any atom is 0.418 e. The standard InChI is InChI=1S/C18H20F3N3/c1-3-24(4-2)15-11-9-14(10-12-15)13-22-23-17-8-6-5-7-16(17)18(19,20)21/h5-13,23H,3-4H2,1-2H3. The fraction of sp³-hybridized carbons (Fsp3) is 0.278. The molecular formula is C18H20F3N3. The quantitative estimate of drug-likeness (QED) is 0.594. The van der Waals surface area contributed by atoms with Crippen LogP contribution in [-0.4, -0.2) is 19.3 Å². The molecule has 0 spiro atoms. The second-order valence-corrected chi connectivity index (χ2v) is 5.18. The fourth-order valence-electron chi connectivity index (χ4n) is 2.36. The molecule has 128 valence electrons. The molecule has 2 rings (SSSR count). The Balaban J connectivity index is 2.08. The Morgan fingerprint density at radius 2 is 1.62 bits per heavy atom. The third kappa shape index (κ3) is 4.50. The van der Waals surface area contributed by atoms with Gasteiger partial charge in [-0.05, 0) is 43.7 Å². The third-order valence-electron chi connectivity index (χ3n) is 3.65. The second kappa shape index (κ2) is 7.86.